The Morgan fingerprint density at radius 1 is 1.20 bits per heavy atom. The summed E-state index contributed by atoms with van der Waals surface area (Å²) < 4.78 is 45.5. The van der Waals surface area contributed by atoms with Gasteiger partial charge in [-0.1, -0.05) is 12.1 Å². The molecule has 0 saturated heterocycles. The number of aromatic nitrogens is 2. The minimum atomic E-state index is -4.45. The van der Waals surface area contributed by atoms with E-state index in [0.29, 0.717) is 65.1 Å². The lowest BCUT2D eigenvalue weighted by molar-refractivity contribution is -0.139. The van der Waals surface area contributed by atoms with Crippen LogP contribution in [0, 0.1) is 12.8 Å². The number of methoxy groups -OCH3 is 1. The number of hydrogen-bond donors (Lipinski definition) is 3. The summed E-state index contributed by atoms with van der Waals surface area (Å²) in [6.45, 7) is 5.35. The Bertz CT molecular complexity index is 1400. The van der Waals surface area contributed by atoms with Crippen molar-refractivity contribution in [2.24, 2.45) is 5.92 Å². The third-order valence-electron chi connectivity index (χ3n) is 7.77. The molecular formula is C30H37F3N4O4. The van der Waals surface area contributed by atoms with Crippen molar-refractivity contribution >= 4 is 22.6 Å². The number of halogens is 3. The maximum absolute atomic E-state index is 13.3. The molecule has 1 amide bonds. The molecule has 0 spiro atoms. The number of likely N-dealkylation sites (N-methyl/N-ethyl adjacent to an activating group) is 1. The van der Waals surface area contributed by atoms with Gasteiger partial charge in [-0.3, -0.25) is 4.79 Å². The lowest BCUT2D eigenvalue weighted by Crippen LogP contribution is -2.41. The summed E-state index contributed by atoms with van der Waals surface area (Å²) in [5, 5.41) is 25.3. The van der Waals surface area contributed by atoms with Crippen molar-refractivity contribution in [3.8, 4) is 5.75 Å². The third kappa shape index (κ3) is 6.73. The number of alkyl halides is 3. The zero-order valence-corrected chi connectivity index (χ0v) is 23.9. The van der Waals surface area contributed by atoms with Gasteiger partial charge in [-0.2, -0.15) is 13.2 Å². The molecule has 0 radical (unpaired) electrons. The number of hydrogen-bond acceptors (Lipinski definition) is 7. The number of carbonyl (C=O) groups is 1. The van der Waals surface area contributed by atoms with E-state index in [2.05, 4.69) is 15.3 Å². The monoisotopic (exact) mass is 574 g/mol. The normalized spacial score (nSPS) is 20.9. The fraction of sp³-hybridized carbons (Fsp3) is 0.500. The minimum Gasteiger partial charge on any atom is -0.496 e. The summed E-state index contributed by atoms with van der Waals surface area (Å²) in [6, 6.07) is 8.14. The van der Waals surface area contributed by atoms with Gasteiger partial charge in [0.2, 0.25) is 5.91 Å². The highest BCUT2D eigenvalue weighted by Crippen LogP contribution is 2.45. The predicted octanol–water partition coefficient (Wildman–Crippen LogP) is 5.36. The van der Waals surface area contributed by atoms with E-state index in [4.69, 9.17) is 4.74 Å². The molecular weight excluding hydrogens is 537 g/mol. The molecule has 1 saturated carbocycles. The minimum absolute atomic E-state index is 0.0580. The lowest BCUT2D eigenvalue weighted by atomic mass is 9.74. The number of fused-ring (bicyclic) bond motifs is 1. The van der Waals surface area contributed by atoms with Gasteiger partial charge in [0.05, 0.1) is 29.9 Å². The summed E-state index contributed by atoms with van der Waals surface area (Å²) in [7, 11) is 3.18. The first kappa shape index (κ1) is 30.5. The highest BCUT2D eigenvalue weighted by molar-refractivity contribution is 5.91. The van der Waals surface area contributed by atoms with Crippen LogP contribution in [0.4, 0.5) is 19.0 Å². The van der Waals surface area contributed by atoms with E-state index >= 15 is 0 Å². The number of nitrogens with zero attached hydrogens (tertiary/aromatic N) is 3. The summed E-state index contributed by atoms with van der Waals surface area (Å²) in [6.07, 6.45) is -3.51. The fourth-order valence-electron chi connectivity index (χ4n) is 5.60. The molecule has 3 aromatic rings. The van der Waals surface area contributed by atoms with Crippen LogP contribution in [0.25, 0.3) is 10.9 Å². The highest BCUT2D eigenvalue weighted by Gasteiger charge is 2.40. The van der Waals surface area contributed by atoms with Crippen molar-refractivity contribution in [1.82, 2.24) is 14.9 Å². The molecule has 0 bridgehead atoms. The third-order valence-corrected chi connectivity index (χ3v) is 7.77. The molecule has 3 N–H and O–H groups in total. The zero-order chi connectivity index (χ0) is 30.1. The summed E-state index contributed by atoms with van der Waals surface area (Å²) in [5.41, 5.74) is -0.455. The van der Waals surface area contributed by atoms with Crippen LogP contribution in [0.15, 0.2) is 36.4 Å². The molecule has 1 aliphatic carbocycles. The molecule has 1 aliphatic rings. The van der Waals surface area contributed by atoms with Crippen molar-refractivity contribution in [1.29, 1.82) is 0 Å². The van der Waals surface area contributed by atoms with E-state index in [-0.39, 0.29) is 18.4 Å². The maximum Gasteiger partial charge on any atom is 0.416 e. The van der Waals surface area contributed by atoms with Crippen LogP contribution < -0.4 is 10.1 Å². The average Bonchev–Trinajstić information content (AvgIpc) is 2.91. The van der Waals surface area contributed by atoms with Crippen LogP contribution in [0.1, 0.15) is 68.1 Å². The smallest absolute Gasteiger partial charge is 0.416 e. The Morgan fingerprint density at radius 2 is 1.88 bits per heavy atom. The van der Waals surface area contributed by atoms with Crippen molar-refractivity contribution in [2.45, 2.75) is 70.4 Å². The van der Waals surface area contributed by atoms with Crippen molar-refractivity contribution in [3.63, 3.8) is 0 Å². The van der Waals surface area contributed by atoms with Crippen molar-refractivity contribution < 1.29 is 32.9 Å². The Balaban J connectivity index is 1.65. The number of anilines is 1. The Kier molecular flexibility index (Phi) is 8.79. The number of benzene rings is 2. The molecule has 222 valence electrons. The molecule has 11 heteroatoms. The van der Waals surface area contributed by atoms with Gasteiger partial charge in [-0.15, -0.1) is 0 Å². The van der Waals surface area contributed by atoms with E-state index in [1.54, 1.807) is 46.0 Å². The Labute approximate surface area is 237 Å². The van der Waals surface area contributed by atoms with Gasteiger partial charge < -0.3 is 25.2 Å². The summed E-state index contributed by atoms with van der Waals surface area (Å²) in [5.74, 6) is 1.02. The Hall–Kier alpha value is -3.44. The van der Waals surface area contributed by atoms with E-state index in [1.807, 2.05) is 0 Å². The van der Waals surface area contributed by atoms with E-state index in [9.17, 15) is 28.2 Å². The number of ether oxygens (including phenoxy) is 1. The number of rotatable bonds is 8. The van der Waals surface area contributed by atoms with Crippen LogP contribution in [0.5, 0.6) is 5.75 Å². The first-order valence-corrected chi connectivity index (χ1v) is 13.7. The van der Waals surface area contributed by atoms with Crippen LogP contribution in [-0.4, -0.2) is 57.8 Å². The van der Waals surface area contributed by atoms with E-state index < -0.39 is 29.5 Å². The van der Waals surface area contributed by atoms with Gasteiger partial charge >= 0.3 is 6.18 Å². The van der Waals surface area contributed by atoms with Crippen molar-refractivity contribution in [3.05, 3.63) is 58.9 Å². The number of carbonyl (C=O) groups excluding carboxylic acids is 1. The predicted molar refractivity (Wildman–Crippen MR) is 149 cm³/mol. The van der Waals surface area contributed by atoms with Gasteiger partial charge in [-0.25, -0.2) is 9.97 Å². The van der Waals surface area contributed by atoms with Crippen LogP contribution in [0.2, 0.25) is 0 Å². The number of amides is 1. The SMILES string of the molecule is COc1cc2nc(C)nc(N[C@H](C)c3cccc(C(F)(F)F)c3)c2cc1[C@]1(O)CC[C@@H](C(=O)N(C)C[C@H](C)O)CC1. The van der Waals surface area contributed by atoms with Gasteiger partial charge in [0, 0.05) is 42.6 Å². The molecule has 2 aromatic carbocycles. The molecule has 1 heterocycles. The highest BCUT2D eigenvalue weighted by atomic mass is 19.4. The van der Waals surface area contributed by atoms with Crippen LogP contribution in [0.3, 0.4) is 0 Å². The average molecular weight is 575 g/mol. The lowest BCUT2D eigenvalue weighted by Gasteiger charge is -2.38. The first-order chi connectivity index (χ1) is 19.2. The topological polar surface area (TPSA) is 108 Å². The molecule has 8 nitrogen and oxygen atoms in total. The van der Waals surface area contributed by atoms with Crippen LogP contribution >= 0.6 is 0 Å². The molecule has 1 fully saturated rings. The molecule has 2 atom stereocenters. The molecule has 0 aliphatic heterocycles. The Morgan fingerprint density at radius 3 is 2.49 bits per heavy atom. The quantitative estimate of drug-likeness (QED) is 0.333. The number of aliphatic hydroxyl groups is 2. The maximum atomic E-state index is 13.3. The fourth-order valence-corrected chi connectivity index (χ4v) is 5.60. The number of aryl methyl sites for hydroxylation is 1. The molecule has 4 rings (SSSR count). The van der Waals surface area contributed by atoms with E-state index in [1.165, 1.54) is 18.1 Å². The van der Waals surface area contributed by atoms with Gasteiger partial charge in [0.1, 0.15) is 17.4 Å². The second-order valence-electron chi connectivity index (χ2n) is 11.1. The van der Waals surface area contributed by atoms with Gasteiger partial charge in [0.25, 0.3) is 0 Å². The molecule has 1 aromatic heterocycles. The van der Waals surface area contributed by atoms with Gasteiger partial charge in [0.15, 0.2) is 0 Å². The zero-order valence-electron chi connectivity index (χ0n) is 23.9. The standard InChI is InChI=1S/C30H37F3N4O4/c1-17(38)16-37(4)28(39)20-9-11-29(40,12-10-20)24-14-23-25(15-26(24)41-5)35-19(3)36-27(23)34-18(2)21-7-6-8-22(13-21)30(31,32)33/h6-8,13-15,17-18,20,38,40H,9-12,16H2,1-5H3,(H,34,35,36)/t17-,18+,20-,29+/m0/s1. The molecule has 0 unspecified atom stereocenters. The van der Waals surface area contributed by atoms with Crippen molar-refractivity contribution in [2.75, 3.05) is 26.0 Å². The second kappa shape index (κ2) is 11.8. The van der Waals surface area contributed by atoms with Gasteiger partial charge in [-0.05, 0) is 70.2 Å². The van der Waals surface area contributed by atoms with E-state index in [0.717, 1.165) is 12.1 Å². The second-order valence-corrected chi connectivity index (χ2v) is 11.1. The first-order valence-electron chi connectivity index (χ1n) is 13.7. The van der Waals surface area contributed by atoms with Crippen LogP contribution in [-0.2, 0) is 16.6 Å². The number of nitrogens with one attached hydrogen (secondary N) is 1. The molecule has 41 heavy (non-hydrogen) atoms. The largest absolute Gasteiger partial charge is 0.496 e. The number of aliphatic hydroxyl groups excluding tert-OH is 1. The summed E-state index contributed by atoms with van der Waals surface area (Å²) >= 11 is 0. The summed E-state index contributed by atoms with van der Waals surface area (Å²) in [4.78, 5) is 23.5.